The predicted molar refractivity (Wildman–Crippen MR) is 120 cm³/mol. The van der Waals surface area contributed by atoms with Crippen molar-refractivity contribution in [2.75, 3.05) is 18.0 Å². The fraction of sp³-hybridized carbons (Fsp3) is 0.391. The number of benzene rings is 2. The van der Waals surface area contributed by atoms with Crippen LogP contribution in [0.15, 0.2) is 42.5 Å². The summed E-state index contributed by atoms with van der Waals surface area (Å²) in [6.45, 7) is 0.957. The van der Waals surface area contributed by atoms with E-state index in [2.05, 4.69) is 27.9 Å². The molecule has 0 fully saturated rings. The lowest BCUT2D eigenvalue weighted by Crippen LogP contribution is -2.38. The molecule has 2 aromatic carbocycles. The van der Waals surface area contributed by atoms with Gasteiger partial charge >= 0.3 is 6.18 Å². The summed E-state index contributed by atoms with van der Waals surface area (Å²) in [5.74, 6) is -1.50. The van der Waals surface area contributed by atoms with Crippen molar-refractivity contribution in [3.8, 4) is 0 Å². The second kappa shape index (κ2) is 8.90. The second-order valence-corrected chi connectivity index (χ2v) is 9.22. The van der Waals surface area contributed by atoms with Crippen LogP contribution in [-0.2, 0) is 11.2 Å². The molecule has 4 rings (SSSR count). The van der Waals surface area contributed by atoms with Crippen molar-refractivity contribution in [1.29, 1.82) is 0 Å². The highest BCUT2D eigenvalue weighted by Crippen LogP contribution is 2.46. The normalized spacial score (nSPS) is 19.9. The van der Waals surface area contributed by atoms with Gasteiger partial charge in [-0.15, -0.1) is 0 Å². The van der Waals surface area contributed by atoms with Gasteiger partial charge in [-0.3, -0.25) is 9.59 Å². The standard InChI is InChI=1S/C23H22F3IN2O2/c24-23(25,26)20(30)7-4-10-28-16-11-15-13-29(22(31)14-5-2-1-3-6-14)19-9-8-18(27)17(12-16)21(15)19/h1-3,5-6,8-9,15-16,28H,4,7,10-13H2. The first-order chi connectivity index (χ1) is 14.8. The van der Waals surface area contributed by atoms with E-state index in [9.17, 15) is 22.8 Å². The summed E-state index contributed by atoms with van der Waals surface area (Å²) in [4.78, 5) is 26.0. The van der Waals surface area contributed by atoms with Crippen LogP contribution in [0.2, 0.25) is 0 Å². The Hall–Kier alpha value is -1.94. The number of anilines is 1. The first-order valence-electron chi connectivity index (χ1n) is 10.3. The number of nitrogens with zero attached hydrogens (tertiary/aromatic N) is 1. The summed E-state index contributed by atoms with van der Waals surface area (Å²) in [5.41, 5.74) is 4.05. The minimum atomic E-state index is -4.76. The van der Waals surface area contributed by atoms with Gasteiger partial charge in [0.1, 0.15) is 0 Å². The zero-order chi connectivity index (χ0) is 22.2. The molecule has 1 aliphatic carbocycles. The molecule has 2 atom stereocenters. The van der Waals surface area contributed by atoms with Crippen molar-refractivity contribution in [1.82, 2.24) is 5.32 Å². The smallest absolute Gasteiger partial charge is 0.314 e. The molecule has 4 nitrogen and oxygen atoms in total. The quantitative estimate of drug-likeness (QED) is 0.420. The number of rotatable bonds is 6. The lowest BCUT2D eigenvalue weighted by molar-refractivity contribution is -0.171. The fourth-order valence-electron chi connectivity index (χ4n) is 4.58. The number of nitrogens with one attached hydrogen (secondary N) is 1. The van der Waals surface area contributed by atoms with E-state index >= 15 is 0 Å². The number of carbonyl (C=O) groups is 2. The number of halogens is 4. The van der Waals surface area contributed by atoms with Crippen molar-refractivity contribution in [2.24, 2.45) is 0 Å². The average Bonchev–Trinajstić information content (AvgIpc) is 3.12. The van der Waals surface area contributed by atoms with Crippen LogP contribution in [0.25, 0.3) is 0 Å². The molecule has 0 saturated heterocycles. The van der Waals surface area contributed by atoms with E-state index in [0.717, 1.165) is 22.1 Å². The van der Waals surface area contributed by atoms with E-state index in [-0.39, 0.29) is 24.3 Å². The number of hydrogen-bond donors (Lipinski definition) is 1. The van der Waals surface area contributed by atoms with E-state index in [4.69, 9.17) is 0 Å². The van der Waals surface area contributed by atoms with Crippen LogP contribution < -0.4 is 10.2 Å². The van der Waals surface area contributed by atoms with E-state index in [1.165, 1.54) is 11.1 Å². The first-order valence-corrected chi connectivity index (χ1v) is 11.3. The van der Waals surface area contributed by atoms with Gasteiger partial charge < -0.3 is 10.2 Å². The topological polar surface area (TPSA) is 49.4 Å². The van der Waals surface area contributed by atoms with Crippen LogP contribution in [-0.4, -0.2) is 37.0 Å². The highest BCUT2D eigenvalue weighted by atomic mass is 127. The minimum absolute atomic E-state index is 0.0198. The molecule has 0 spiro atoms. The number of ketones is 1. The summed E-state index contributed by atoms with van der Waals surface area (Å²) >= 11 is 2.31. The Morgan fingerprint density at radius 2 is 1.87 bits per heavy atom. The molecule has 164 valence electrons. The summed E-state index contributed by atoms with van der Waals surface area (Å²) in [5, 5.41) is 3.33. The summed E-state index contributed by atoms with van der Waals surface area (Å²) in [6, 6.07) is 13.3. The Kier molecular flexibility index (Phi) is 6.39. The monoisotopic (exact) mass is 542 g/mol. The van der Waals surface area contributed by atoms with Gasteiger partial charge in [-0.2, -0.15) is 13.2 Å². The third-order valence-corrected chi connectivity index (χ3v) is 7.00. The zero-order valence-electron chi connectivity index (χ0n) is 16.7. The highest BCUT2D eigenvalue weighted by Gasteiger charge is 2.40. The molecule has 1 N–H and O–H groups in total. The van der Waals surface area contributed by atoms with Gasteiger partial charge in [-0.05, 0) is 83.8 Å². The molecule has 0 bridgehead atoms. The van der Waals surface area contributed by atoms with Crippen molar-refractivity contribution in [3.63, 3.8) is 0 Å². The maximum Gasteiger partial charge on any atom is 0.449 e. The predicted octanol–water partition coefficient (Wildman–Crippen LogP) is 4.85. The van der Waals surface area contributed by atoms with Gasteiger partial charge in [-0.1, -0.05) is 18.2 Å². The van der Waals surface area contributed by atoms with Crippen LogP contribution in [0.5, 0.6) is 0 Å². The van der Waals surface area contributed by atoms with Crippen LogP contribution in [0.1, 0.15) is 46.7 Å². The number of Topliss-reactive ketones (excluding diaryl/α,β-unsaturated/α-hetero) is 1. The lowest BCUT2D eigenvalue weighted by atomic mass is 9.81. The number of alkyl halides is 3. The van der Waals surface area contributed by atoms with E-state index in [1.807, 2.05) is 47.4 Å². The van der Waals surface area contributed by atoms with Crippen molar-refractivity contribution in [3.05, 3.63) is 62.7 Å². The molecule has 1 amide bonds. The molecule has 0 saturated carbocycles. The molecule has 1 aliphatic heterocycles. The van der Waals surface area contributed by atoms with Crippen molar-refractivity contribution < 1.29 is 22.8 Å². The maximum atomic E-state index is 13.1. The number of hydrogen-bond acceptors (Lipinski definition) is 3. The molecule has 2 unspecified atom stereocenters. The Labute approximate surface area is 192 Å². The average molecular weight is 542 g/mol. The Morgan fingerprint density at radius 3 is 2.58 bits per heavy atom. The highest BCUT2D eigenvalue weighted by molar-refractivity contribution is 14.1. The molecular weight excluding hydrogens is 520 g/mol. The van der Waals surface area contributed by atoms with Crippen molar-refractivity contribution >= 4 is 40.0 Å². The first kappa shape index (κ1) is 22.3. The van der Waals surface area contributed by atoms with Gasteiger partial charge in [0.2, 0.25) is 5.78 Å². The van der Waals surface area contributed by atoms with Crippen LogP contribution in [0, 0.1) is 3.57 Å². The summed E-state index contributed by atoms with van der Waals surface area (Å²) < 4.78 is 38.2. The minimum Gasteiger partial charge on any atom is -0.314 e. The molecule has 31 heavy (non-hydrogen) atoms. The van der Waals surface area contributed by atoms with Crippen LogP contribution in [0.3, 0.4) is 0 Å². The Morgan fingerprint density at radius 1 is 1.13 bits per heavy atom. The van der Waals surface area contributed by atoms with Gasteiger partial charge in [0.05, 0.1) is 0 Å². The van der Waals surface area contributed by atoms with Gasteiger partial charge in [0.25, 0.3) is 5.91 Å². The molecule has 0 radical (unpaired) electrons. The van der Waals surface area contributed by atoms with Crippen LogP contribution >= 0.6 is 22.6 Å². The second-order valence-electron chi connectivity index (χ2n) is 8.05. The molecule has 1 heterocycles. The number of amides is 1. The summed E-state index contributed by atoms with van der Waals surface area (Å²) in [6.07, 6.45) is -3.52. The van der Waals surface area contributed by atoms with E-state index < -0.39 is 18.4 Å². The van der Waals surface area contributed by atoms with Gasteiger partial charge in [0.15, 0.2) is 0 Å². The van der Waals surface area contributed by atoms with Crippen molar-refractivity contribution in [2.45, 2.75) is 43.8 Å². The van der Waals surface area contributed by atoms with Gasteiger partial charge in [0, 0.05) is 39.7 Å². The number of carbonyl (C=O) groups excluding carboxylic acids is 2. The fourth-order valence-corrected chi connectivity index (χ4v) is 5.27. The largest absolute Gasteiger partial charge is 0.449 e. The third-order valence-electron chi connectivity index (χ3n) is 5.99. The third kappa shape index (κ3) is 4.64. The van der Waals surface area contributed by atoms with Gasteiger partial charge in [-0.25, -0.2) is 0 Å². The lowest BCUT2D eigenvalue weighted by Gasteiger charge is -2.30. The Bertz CT molecular complexity index is 994. The Balaban J connectivity index is 1.45. The molecule has 8 heteroatoms. The molecule has 0 aromatic heterocycles. The summed E-state index contributed by atoms with van der Waals surface area (Å²) in [7, 11) is 0. The maximum absolute atomic E-state index is 13.1. The van der Waals surface area contributed by atoms with E-state index in [0.29, 0.717) is 18.7 Å². The molecular formula is C23H22F3IN2O2. The zero-order valence-corrected chi connectivity index (χ0v) is 18.9. The van der Waals surface area contributed by atoms with Crippen LogP contribution in [0.4, 0.5) is 18.9 Å². The molecule has 2 aliphatic rings. The SMILES string of the molecule is O=C(c1ccccc1)N1CC2CC(NCCCC(=O)C(F)(F)F)Cc3c(I)ccc1c32. The molecule has 2 aromatic rings. The van der Waals surface area contributed by atoms with E-state index in [1.54, 1.807) is 0 Å².